The molecule has 0 unspecified atom stereocenters. The summed E-state index contributed by atoms with van der Waals surface area (Å²) < 4.78 is 42.5. The minimum atomic E-state index is -4.32. The molecular weight excluding hydrogens is 283 g/mol. The second-order valence-electron chi connectivity index (χ2n) is 4.16. The van der Waals surface area contributed by atoms with Gasteiger partial charge in [-0.3, -0.25) is 0 Å². The summed E-state index contributed by atoms with van der Waals surface area (Å²) in [5.74, 6) is 1.09. The predicted molar refractivity (Wildman–Crippen MR) is 76.6 cm³/mol. The fourth-order valence-electron chi connectivity index (χ4n) is 1.57. The molecule has 0 saturated heterocycles. The molecule has 1 aromatic rings. The predicted octanol–water partition coefficient (Wildman–Crippen LogP) is 2.66. The van der Waals surface area contributed by atoms with Crippen molar-refractivity contribution in [3.63, 3.8) is 0 Å². The monoisotopic (exact) mass is 303 g/mol. The molecule has 118 valence electrons. The van der Waals surface area contributed by atoms with E-state index in [4.69, 9.17) is 4.74 Å². The summed E-state index contributed by atoms with van der Waals surface area (Å²) in [7, 11) is 0. The van der Waals surface area contributed by atoms with Crippen molar-refractivity contribution in [2.75, 3.05) is 26.2 Å². The van der Waals surface area contributed by atoms with E-state index in [0.717, 1.165) is 25.2 Å². The van der Waals surface area contributed by atoms with Crippen LogP contribution in [-0.4, -0.2) is 32.2 Å². The van der Waals surface area contributed by atoms with Crippen molar-refractivity contribution in [3.05, 3.63) is 29.8 Å². The number of aliphatic imine (C=N–C) groups is 1. The number of alkyl halides is 3. The van der Waals surface area contributed by atoms with Crippen LogP contribution in [0.15, 0.2) is 29.3 Å². The van der Waals surface area contributed by atoms with Crippen LogP contribution in [0.2, 0.25) is 0 Å². The highest BCUT2D eigenvalue weighted by Crippen LogP contribution is 2.30. The van der Waals surface area contributed by atoms with Gasteiger partial charge in [0.05, 0.1) is 12.1 Å². The molecule has 1 aromatic carbocycles. The van der Waals surface area contributed by atoms with E-state index < -0.39 is 11.7 Å². The molecule has 0 aliphatic rings. The Labute approximate surface area is 122 Å². The molecule has 0 saturated carbocycles. The zero-order valence-corrected chi connectivity index (χ0v) is 12.1. The van der Waals surface area contributed by atoms with Crippen LogP contribution in [0.4, 0.5) is 13.2 Å². The first-order chi connectivity index (χ1) is 9.97. The third kappa shape index (κ3) is 6.37. The number of guanidine groups is 1. The highest BCUT2D eigenvalue weighted by atomic mass is 19.4. The number of ether oxygens (including phenoxy) is 1. The molecule has 0 bridgehead atoms. The maximum Gasteiger partial charge on any atom is 0.416 e. The van der Waals surface area contributed by atoms with Crippen molar-refractivity contribution in [1.82, 2.24) is 10.6 Å². The first-order valence-corrected chi connectivity index (χ1v) is 6.79. The largest absolute Gasteiger partial charge is 0.492 e. The minimum absolute atomic E-state index is 0.297. The lowest BCUT2D eigenvalue weighted by Gasteiger charge is -2.10. The number of nitrogens with one attached hydrogen (secondary N) is 2. The molecule has 0 atom stereocenters. The number of halogens is 3. The fraction of sp³-hybridized carbons (Fsp3) is 0.500. The van der Waals surface area contributed by atoms with Gasteiger partial charge in [-0.2, -0.15) is 13.2 Å². The molecule has 0 radical (unpaired) electrons. The average Bonchev–Trinajstić information content (AvgIpc) is 2.43. The average molecular weight is 303 g/mol. The van der Waals surface area contributed by atoms with Crippen LogP contribution in [0.1, 0.15) is 19.4 Å². The normalized spacial score (nSPS) is 10.9. The van der Waals surface area contributed by atoms with Gasteiger partial charge in [0.25, 0.3) is 0 Å². The summed E-state index contributed by atoms with van der Waals surface area (Å²) in [6.45, 7) is 6.15. The Bertz CT molecular complexity index is 436. The minimum Gasteiger partial charge on any atom is -0.492 e. The summed E-state index contributed by atoms with van der Waals surface area (Å²) in [5.41, 5.74) is -0.686. The second-order valence-corrected chi connectivity index (χ2v) is 4.16. The van der Waals surface area contributed by atoms with Crippen LogP contribution in [0, 0.1) is 0 Å². The van der Waals surface area contributed by atoms with Gasteiger partial charge in [0.2, 0.25) is 0 Å². The van der Waals surface area contributed by atoms with Crippen LogP contribution in [0.3, 0.4) is 0 Å². The Morgan fingerprint density at radius 3 is 2.14 bits per heavy atom. The smallest absolute Gasteiger partial charge is 0.416 e. The van der Waals surface area contributed by atoms with Crippen LogP contribution < -0.4 is 15.4 Å². The van der Waals surface area contributed by atoms with Gasteiger partial charge >= 0.3 is 6.18 Å². The number of rotatable bonds is 6. The number of benzene rings is 1. The van der Waals surface area contributed by atoms with E-state index in [1.807, 2.05) is 13.8 Å². The van der Waals surface area contributed by atoms with Crippen molar-refractivity contribution in [3.8, 4) is 5.75 Å². The fourth-order valence-corrected chi connectivity index (χ4v) is 1.57. The van der Waals surface area contributed by atoms with Gasteiger partial charge in [-0.25, -0.2) is 4.99 Å². The van der Waals surface area contributed by atoms with E-state index in [9.17, 15) is 13.2 Å². The lowest BCUT2D eigenvalue weighted by molar-refractivity contribution is -0.137. The zero-order valence-electron chi connectivity index (χ0n) is 12.1. The van der Waals surface area contributed by atoms with Gasteiger partial charge in [-0.05, 0) is 38.1 Å². The molecular formula is C14H20F3N3O. The third-order valence-corrected chi connectivity index (χ3v) is 2.50. The lowest BCUT2D eigenvalue weighted by atomic mass is 10.2. The first-order valence-electron chi connectivity index (χ1n) is 6.79. The highest BCUT2D eigenvalue weighted by molar-refractivity contribution is 5.79. The SMILES string of the molecule is CCNC(=NCCOc1ccc(C(F)(F)F)cc1)NCC. The maximum atomic E-state index is 12.4. The zero-order chi connectivity index (χ0) is 15.7. The summed E-state index contributed by atoms with van der Waals surface area (Å²) in [4.78, 5) is 4.26. The van der Waals surface area contributed by atoms with Gasteiger partial charge in [0.1, 0.15) is 12.4 Å². The Balaban J connectivity index is 2.43. The quantitative estimate of drug-likeness (QED) is 0.482. The molecule has 0 heterocycles. The number of hydrogen-bond donors (Lipinski definition) is 2. The number of hydrogen-bond acceptors (Lipinski definition) is 2. The second kappa shape index (κ2) is 8.39. The van der Waals surface area contributed by atoms with Crippen molar-refractivity contribution in [2.45, 2.75) is 20.0 Å². The van der Waals surface area contributed by atoms with Crippen LogP contribution in [-0.2, 0) is 6.18 Å². The van der Waals surface area contributed by atoms with E-state index in [1.165, 1.54) is 12.1 Å². The molecule has 0 aliphatic heterocycles. The third-order valence-electron chi connectivity index (χ3n) is 2.50. The van der Waals surface area contributed by atoms with E-state index >= 15 is 0 Å². The van der Waals surface area contributed by atoms with E-state index in [2.05, 4.69) is 15.6 Å². The standard InChI is InChI=1S/C14H20F3N3O/c1-3-18-13(19-4-2)20-9-10-21-12-7-5-11(6-8-12)14(15,16)17/h5-8H,3-4,9-10H2,1-2H3,(H2,18,19,20). The summed E-state index contributed by atoms with van der Waals surface area (Å²) in [5, 5.41) is 6.13. The topological polar surface area (TPSA) is 45.7 Å². The van der Waals surface area contributed by atoms with Gasteiger partial charge in [0, 0.05) is 13.1 Å². The molecule has 2 N–H and O–H groups in total. The molecule has 4 nitrogen and oxygen atoms in total. The molecule has 1 rings (SSSR count). The molecule has 0 spiro atoms. The molecule has 0 aromatic heterocycles. The van der Waals surface area contributed by atoms with Crippen LogP contribution in [0.5, 0.6) is 5.75 Å². The maximum absolute atomic E-state index is 12.4. The molecule has 0 aliphatic carbocycles. The molecule has 0 fully saturated rings. The number of nitrogens with zero attached hydrogens (tertiary/aromatic N) is 1. The first kappa shape index (κ1) is 17.1. The Morgan fingerprint density at radius 1 is 1.10 bits per heavy atom. The van der Waals surface area contributed by atoms with Gasteiger partial charge in [-0.1, -0.05) is 0 Å². The van der Waals surface area contributed by atoms with Crippen LogP contribution in [0.25, 0.3) is 0 Å². The summed E-state index contributed by atoms with van der Waals surface area (Å²) in [6.07, 6.45) is -4.32. The van der Waals surface area contributed by atoms with E-state index in [1.54, 1.807) is 0 Å². The van der Waals surface area contributed by atoms with Crippen molar-refractivity contribution in [2.24, 2.45) is 4.99 Å². The van der Waals surface area contributed by atoms with Gasteiger partial charge in [0.15, 0.2) is 5.96 Å². The molecule has 21 heavy (non-hydrogen) atoms. The summed E-state index contributed by atoms with van der Waals surface area (Å²) in [6, 6.07) is 4.62. The summed E-state index contributed by atoms with van der Waals surface area (Å²) >= 11 is 0. The van der Waals surface area contributed by atoms with Crippen molar-refractivity contribution < 1.29 is 17.9 Å². The lowest BCUT2D eigenvalue weighted by Crippen LogP contribution is -2.37. The van der Waals surface area contributed by atoms with Crippen molar-refractivity contribution in [1.29, 1.82) is 0 Å². The van der Waals surface area contributed by atoms with Gasteiger partial charge in [-0.15, -0.1) is 0 Å². The van der Waals surface area contributed by atoms with E-state index in [0.29, 0.717) is 24.9 Å². The van der Waals surface area contributed by atoms with Crippen LogP contribution >= 0.6 is 0 Å². The Kier molecular flexibility index (Phi) is 6.84. The Morgan fingerprint density at radius 2 is 1.67 bits per heavy atom. The highest BCUT2D eigenvalue weighted by Gasteiger charge is 2.29. The van der Waals surface area contributed by atoms with Crippen molar-refractivity contribution >= 4 is 5.96 Å². The molecule has 0 amide bonds. The molecule has 7 heteroatoms. The Hall–Kier alpha value is -1.92. The van der Waals surface area contributed by atoms with Gasteiger partial charge < -0.3 is 15.4 Å². The van der Waals surface area contributed by atoms with E-state index in [-0.39, 0.29) is 0 Å².